The fraction of sp³-hybridized carbons (Fsp3) is 0.300. The third kappa shape index (κ3) is 0.861. The Kier molecular flexibility index (Phi) is 1.44. The van der Waals surface area contributed by atoms with Gasteiger partial charge in [0.25, 0.3) is 0 Å². The van der Waals surface area contributed by atoms with Gasteiger partial charge in [-0.3, -0.25) is 4.99 Å². The first-order valence-corrected chi connectivity index (χ1v) is 4.63. The second-order valence-electron chi connectivity index (χ2n) is 3.65. The maximum atomic E-state index is 13.5. The van der Waals surface area contributed by atoms with Crippen LogP contribution in [0.3, 0.4) is 0 Å². The van der Waals surface area contributed by atoms with Crippen molar-refractivity contribution in [1.29, 1.82) is 0 Å². The third-order valence-electron chi connectivity index (χ3n) is 2.78. The van der Waals surface area contributed by atoms with Gasteiger partial charge in [-0.2, -0.15) is 0 Å². The summed E-state index contributed by atoms with van der Waals surface area (Å²) in [5.41, 5.74) is 8.22. The van der Waals surface area contributed by atoms with Gasteiger partial charge in [0.05, 0.1) is 24.0 Å². The van der Waals surface area contributed by atoms with Gasteiger partial charge in [-0.15, -0.1) is 0 Å². The van der Waals surface area contributed by atoms with Gasteiger partial charge in [0.2, 0.25) is 0 Å². The standard InChI is InChI=1S/C10H10FN3/c11-6-1-2-8-10-9(6)7(12)5-14(10)4-3-13-8/h1-3,7H,4-5,12H2. The first kappa shape index (κ1) is 7.94. The highest BCUT2D eigenvalue weighted by Gasteiger charge is 2.32. The molecule has 1 atom stereocenters. The quantitative estimate of drug-likeness (QED) is 0.672. The van der Waals surface area contributed by atoms with Crippen LogP contribution in [-0.4, -0.2) is 19.3 Å². The summed E-state index contributed by atoms with van der Waals surface area (Å²) in [7, 11) is 0. The minimum atomic E-state index is -0.216. The molecule has 0 radical (unpaired) electrons. The van der Waals surface area contributed by atoms with E-state index in [-0.39, 0.29) is 11.9 Å². The highest BCUT2D eigenvalue weighted by Crippen LogP contribution is 2.43. The van der Waals surface area contributed by atoms with E-state index in [1.165, 1.54) is 6.07 Å². The van der Waals surface area contributed by atoms with E-state index in [0.717, 1.165) is 17.9 Å². The Balaban J connectivity index is 2.32. The largest absolute Gasteiger partial charge is 0.362 e. The molecule has 0 saturated carbocycles. The van der Waals surface area contributed by atoms with Crippen LogP contribution in [0, 0.1) is 5.82 Å². The number of anilines is 1. The zero-order chi connectivity index (χ0) is 9.71. The van der Waals surface area contributed by atoms with Gasteiger partial charge in [0.1, 0.15) is 5.82 Å². The van der Waals surface area contributed by atoms with E-state index >= 15 is 0 Å². The van der Waals surface area contributed by atoms with Gasteiger partial charge in [-0.25, -0.2) is 4.39 Å². The van der Waals surface area contributed by atoms with Crippen LogP contribution >= 0.6 is 0 Å². The van der Waals surface area contributed by atoms with E-state index in [4.69, 9.17) is 5.73 Å². The van der Waals surface area contributed by atoms with Crippen molar-refractivity contribution in [3.05, 3.63) is 23.5 Å². The zero-order valence-electron chi connectivity index (χ0n) is 7.57. The molecule has 72 valence electrons. The van der Waals surface area contributed by atoms with Crippen LogP contribution in [0.5, 0.6) is 0 Å². The molecule has 1 aromatic carbocycles. The molecule has 0 amide bonds. The van der Waals surface area contributed by atoms with Crippen molar-refractivity contribution in [2.45, 2.75) is 6.04 Å². The van der Waals surface area contributed by atoms with Crippen LogP contribution in [0.2, 0.25) is 0 Å². The van der Waals surface area contributed by atoms with Crippen LogP contribution in [0.15, 0.2) is 17.1 Å². The van der Waals surface area contributed by atoms with E-state index in [0.29, 0.717) is 12.1 Å². The predicted molar refractivity (Wildman–Crippen MR) is 53.7 cm³/mol. The lowest BCUT2D eigenvalue weighted by molar-refractivity contribution is 0.597. The number of nitrogens with zero attached hydrogens (tertiary/aromatic N) is 2. The molecule has 1 unspecified atom stereocenters. The van der Waals surface area contributed by atoms with Crippen LogP contribution in [0.25, 0.3) is 0 Å². The van der Waals surface area contributed by atoms with Gasteiger partial charge in [0.15, 0.2) is 0 Å². The molecule has 3 nitrogen and oxygen atoms in total. The highest BCUT2D eigenvalue weighted by atomic mass is 19.1. The number of hydrogen-bond acceptors (Lipinski definition) is 3. The molecule has 2 aliphatic heterocycles. The number of rotatable bonds is 0. The number of halogens is 1. The monoisotopic (exact) mass is 191 g/mol. The molecule has 0 bridgehead atoms. The average molecular weight is 191 g/mol. The molecule has 0 saturated heterocycles. The van der Waals surface area contributed by atoms with E-state index in [9.17, 15) is 4.39 Å². The van der Waals surface area contributed by atoms with Crippen LogP contribution in [0.4, 0.5) is 15.8 Å². The molecule has 4 heteroatoms. The lowest BCUT2D eigenvalue weighted by Crippen LogP contribution is -2.27. The topological polar surface area (TPSA) is 41.6 Å². The minimum Gasteiger partial charge on any atom is -0.362 e. The Bertz CT molecular complexity index is 428. The zero-order valence-corrected chi connectivity index (χ0v) is 7.57. The first-order valence-electron chi connectivity index (χ1n) is 4.63. The molecule has 1 aromatic rings. The normalized spacial score (nSPS) is 22.7. The van der Waals surface area contributed by atoms with Crippen molar-refractivity contribution < 1.29 is 4.39 Å². The van der Waals surface area contributed by atoms with Crippen LogP contribution < -0.4 is 10.6 Å². The summed E-state index contributed by atoms with van der Waals surface area (Å²) in [6.07, 6.45) is 1.84. The van der Waals surface area contributed by atoms with Crippen molar-refractivity contribution in [2.75, 3.05) is 18.0 Å². The summed E-state index contributed by atoms with van der Waals surface area (Å²) in [6, 6.07) is 2.93. The van der Waals surface area contributed by atoms with Crippen molar-refractivity contribution >= 4 is 17.6 Å². The third-order valence-corrected chi connectivity index (χ3v) is 2.78. The summed E-state index contributed by atoms with van der Waals surface area (Å²) >= 11 is 0. The second kappa shape index (κ2) is 2.54. The van der Waals surface area contributed by atoms with Crippen LogP contribution in [-0.2, 0) is 0 Å². The fourth-order valence-corrected chi connectivity index (χ4v) is 2.18. The molecule has 0 aromatic heterocycles. The summed E-state index contributed by atoms with van der Waals surface area (Å²) in [6.45, 7) is 1.42. The Morgan fingerprint density at radius 3 is 3.21 bits per heavy atom. The van der Waals surface area contributed by atoms with E-state index < -0.39 is 0 Å². The Morgan fingerprint density at radius 1 is 1.50 bits per heavy atom. The summed E-state index contributed by atoms with van der Waals surface area (Å²) < 4.78 is 13.5. The molecule has 0 fully saturated rings. The van der Waals surface area contributed by atoms with Gasteiger partial charge in [-0.05, 0) is 12.1 Å². The highest BCUT2D eigenvalue weighted by molar-refractivity contribution is 5.85. The lowest BCUT2D eigenvalue weighted by Gasteiger charge is -2.21. The Labute approximate surface area is 81.0 Å². The molecule has 0 spiro atoms. The molecule has 0 aliphatic carbocycles. The molecule has 2 N–H and O–H groups in total. The summed E-state index contributed by atoms with van der Waals surface area (Å²) in [5.74, 6) is -0.212. The maximum Gasteiger partial charge on any atom is 0.130 e. The molecule has 3 rings (SSSR count). The van der Waals surface area contributed by atoms with Gasteiger partial charge >= 0.3 is 0 Å². The number of aliphatic imine (C=N–C) groups is 1. The Morgan fingerprint density at radius 2 is 2.36 bits per heavy atom. The van der Waals surface area contributed by atoms with E-state index in [1.54, 1.807) is 6.07 Å². The molecule has 2 heterocycles. The summed E-state index contributed by atoms with van der Waals surface area (Å²) in [5, 5.41) is 0. The Hall–Kier alpha value is -1.42. The predicted octanol–water partition coefficient (Wildman–Crippen LogP) is 1.36. The van der Waals surface area contributed by atoms with Crippen molar-refractivity contribution in [3.63, 3.8) is 0 Å². The second-order valence-corrected chi connectivity index (χ2v) is 3.65. The molecular formula is C10H10FN3. The van der Waals surface area contributed by atoms with Gasteiger partial charge in [0, 0.05) is 18.3 Å². The number of benzene rings is 1. The number of nitrogens with two attached hydrogens (primary N) is 1. The molecule has 14 heavy (non-hydrogen) atoms. The smallest absolute Gasteiger partial charge is 0.130 e. The molecule has 2 aliphatic rings. The maximum absolute atomic E-state index is 13.5. The SMILES string of the molecule is NC1CN2CC=Nc3ccc(F)c1c32. The molecular weight excluding hydrogens is 181 g/mol. The first-order chi connectivity index (χ1) is 6.77. The van der Waals surface area contributed by atoms with E-state index in [1.807, 2.05) is 6.21 Å². The van der Waals surface area contributed by atoms with Crippen LogP contribution in [0.1, 0.15) is 11.6 Å². The average Bonchev–Trinajstić information content (AvgIpc) is 2.51. The van der Waals surface area contributed by atoms with Crippen molar-refractivity contribution in [3.8, 4) is 0 Å². The van der Waals surface area contributed by atoms with Gasteiger partial charge < -0.3 is 10.6 Å². The lowest BCUT2D eigenvalue weighted by atomic mass is 10.1. The van der Waals surface area contributed by atoms with E-state index in [2.05, 4.69) is 9.89 Å². The fourth-order valence-electron chi connectivity index (χ4n) is 2.18. The van der Waals surface area contributed by atoms with Gasteiger partial charge in [-0.1, -0.05) is 0 Å². The number of hydrogen-bond donors (Lipinski definition) is 1. The minimum absolute atomic E-state index is 0.212. The summed E-state index contributed by atoms with van der Waals surface area (Å²) in [4.78, 5) is 6.31. The van der Waals surface area contributed by atoms with Crippen molar-refractivity contribution in [2.24, 2.45) is 10.7 Å². The van der Waals surface area contributed by atoms with Crippen molar-refractivity contribution in [1.82, 2.24) is 0 Å².